The van der Waals surface area contributed by atoms with Crippen molar-refractivity contribution < 1.29 is 0 Å². The average Bonchev–Trinajstić information content (AvgIpc) is 3.20. The molecule has 0 aromatic carbocycles. The molecule has 12 atom stereocenters. The summed E-state index contributed by atoms with van der Waals surface area (Å²) in [5, 5.41) is 0. The van der Waals surface area contributed by atoms with Gasteiger partial charge in [-0.2, -0.15) is 0 Å². The highest BCUT2D eigenvalue weighted by Crippen LogP contribution is 2.73. The van der Waals surface area contributed by atoms with Gasteiger partial charge in [0.25, 0.3) is 0 Å². The van der Waals surface area contributed by atoms with Crippen molar-refractivity contribution in [3.8, 4) is 0 Å². The van der Waals surface area contributed by atoms with Gasteiger partial charge in [-0.05, 0) is 122 Å². The molecule has 0 aliphatic heterocycles. The fourth-order valence-electron chi connectivity index (χ4n) is 11.7. The minimum Gasteiger partial charge on any atom is -0.0848 e. The Labute approximate surface area is 173 Å². The maximum absolute atomic E-state index is 2.80. The molecule has 7 aliphatic rings. The highest BCUT2D eigenvalue weighted by atomic mass is 14.7. The predicted octanol–water partition coefficient (Wildman–Crippen LogP) is 7.49. The summed E-state index contributed by atoms with van der Waals surface area (Å²) in [5.41, 5.74) is 2.65. The summed E-state index contributed by atoms with van der Waals surface area (Å²) in [6, 6.07) is 0. The summed E-state index contributed by atoms with van der Waals surface area (Å²) in [6.45, 7) is 5.50. The Bertz CT molecular complexity index is 688. The number of hydrogen-bond donors (Lipinski definition) is 0. The van der Waals surface area contributed by atoms with Crippen LogP contribution >= 0.6 is 0 Å². The van der Waals surface area contributed by atoms with Gasteiger partial charge < -0.3 is 0 Å². The number of allylic oxidation sites excluding steroid dienone is 2. The number of hydrogen-bond acceptors (Lipinski definition) is 0. The minimum atomic E-state index is 0.688. The zero-order chi connectivity index (χ0) is 18.6. The molecule has 0 spiro atoms. The third-order valence-corrected chi connectivity index (χ3v) is 12.6. The van der Waals surface area contributed by atoms with E-state index in [1.807, 2.05) is 5.57 Å². The van der Waals surface area contributed by atoms with Gasteiger partial charge in [-0.1, -0.05) is 51.2 Å². The Morgan fingerprint density at radius 3 is 2.57 bits per heavy atom. The largest absolute Gasteiger partial charge is 0.0848 e. The van der Waals surface area contributed by atoms with Crippen LogP contribution in [-0.2, 0) is 0 Å². The van der Waals surface area contributed by atoms with Gasteiger partial charge in [0.1, 0.15) is 0 Å². The van der Waals surface area contributed by atoms with Crippen molar-refractivity contribution >= 4 is 0 Å². The Hall–Kier alpha value is -0.260. The van der Waals surface area contributed by atoms with Gasteiger partial charge in [0.2, 0.25) is 0 Å². The molecule has 0 amide bonds. The highest BCUT2D eigenvalue weighted by molar-refractivity contribution is 5.22. The average molecular weight is 379 g/mol. The van der Waals surface area contributed by atoms with Gasteiger partial charge in [0.05, 0.1) is 0 Å². The summed E-state index contributed by atoms with van der Waals surface area (Å²) in [5.74, 6) is 11.9. The van der Waals surface area contributed by atoms with Crippen LogP contribution in [0.2, 0.25) is 0 Å². The maximum Gasteiger partial charge on any atom is -0.0167 e. The Morgan fingerprint density at radius 1 is 0.821 bits per heavy atom. The summed E-state index contributed by atoms with van der Waals surface area (Å²) in [6.07, 6.45) is 21.6. The molecule has 154 valence electrons. The van der Waals surface area contributed by atoms with E-state index in [-0.39, 0.29) is 0 Å². The van der Waals surface area contributed by atoms with Crippen molar-refractivity contribution in [1.82, 2.24) is 0 Å². The van der Waals surface area contributed by atoms with Gasteiger partial charge in [-0.15, -0.1) is 0 Å². The van der Waals surface area contributed by atoms with Crippen LogP contribution in [0.3, 0.4) is 0 Å². The molecule has 12 unspecified atom stereocenters. The molecule has 0 N–H and O–H groups in total. The van der Waals surface area contributed by atoms with E-state index in [1.54, 1.807) is 57.8 Å². The molecule has 0 heterocycles. The van der Waals surface area contributed by atoms with E-state index in [4.69, 9.17) is 0 Å². The normalized spacial score (nSPS) is 61.6. The van der Waals surface area contributed by atoms with Crippen LogP contribution in [0.4, 0.5) is 0 Å². The summed E-state index contributed by atoms with van der Waals surface area (Å²) >= 11 is 0. The molecule has 6 fully saturated rings. The molecule has 0 nitrogen and oxygen atoms in total. The van der Waals surface area contributed by atoms with Gasteiger partial charge in [0.15, 0.2) is 0 Å². The highest BCUT2D eigenvalue weighted by Gasteiger charge is 2.66. The lowest BCUT2D eigenvalue weighted by Crippen LogP contribution is -2.40. The zero-order valence-electron chi connectivity index (χ0n) is 18.4. The summed E-state index contributed by atoms with van der Waals surface area (Å²) in [4.78, 5) is 0. The lowest BCUT2D eigenvalue weighted by atomic mass is 9.57. The SMILES string of the molecule is CC1C2CCCC3=CCC4CC5CCCCC6CC1(C)C1C6CC5C4C3CC21. The lowest BCUT2D eigenvalue weighted by Gasteiger charge is -2.47. The van der Waals surface area contributed by atoms with Crippen LogP contribution in [-0.4, -0.2) is 0 Å². The van der Waals surface area contributed by atoms with Crippen molar-refractivity contribution in [3.63, 3.8) is 0 Å². The first kappa shape index (κ1) is 17.4. The van der Waals surface area contributed by atoms with E-state index < -0.39 is 0 Å². The first-order chi connectivity index (χ1) is 13.6. The molecule has 0 heteroatoms. The van der Waals surface area contributed by atoms with Crippen molar-refractivity contribution in [2.45, 2.75) is 90.9 Å². The molecule has 0 aromatic rings. The Morgan fingerprint density at radius 2 is 1.68 bits per heavy atom. The second-order valence-corrected chi connectivity index (χ2v) is 13.0. The fraction of sp³-hybridized carbons (Fsp3) is 0.929. The quantitative estimate of drug-likeness (QED) is 0.383. The molecule has 28 heavy (non-hydrogen) atoms. The number of rotatable bonds is 0. The third-order valence-electron chi connectivity index (χ3n) is 12.6. The molecule has 0 radical (unpaired) electrons. The Kier molecular flexibility index (Phi) is 3.68. The van der Waals surface area contributed by atoms with Crippen LogP contribution in [0.25, 0.3) is 0 Å². The van der Waals surface area contributed by atoms with E-state index in [0.717, 1.165) is 65.1 Å². The molecule has 4 bridgehead atoms. The topological polar surface area (TPSA) is 0 Å². The van der Waals surface area contributed by atoms with Crippen LogP contribution in [0.1, 0.15) is 90.9 Å². The van der Waals surface area contributed by atoms with Crippen molar-refractivity contribution in [1.29, 1.82) is 0 Å². The van der Waals surface area contributed by atoms with E-state index in [1.165, 1.54) is 19.3 Å². The van der Waals surface area contributed by atoms with Gasteiger partial charge in [-0.3, -0.25) is 0 Å². The molecular weight excluding hydrogens is 336 g/mol. The second kappa shape index (κ2) is 5.91. The predicted molar refractivity (Wildman–Crippen MR) is 116 cm³/mol. The first-order valence-electron chi connectivity index (χ1n) is 13.3. The van der Waals surface area contributed by atoms with Crippen LogP contribution in [0.15, 0.2) is 11.6 Å². The van der Waals surface area contributed by atoms with Gasteiger partial charge >= 0.3 is 0 Å². The summed E-state index contributed by atoms with van der Waals surface area (Å²) in [7, 11) is 0. The lowest BCUT2D eigenvalue weighted by molar-refractivity contribution is 0.0479. The van der Waals surface area contributed by atoms with E-state index in [2.05, 4.69) is 19.9 Å². The molecular formula is C28H42. The van der Waals surface area contributed by atoms with E-state index in [9.17, 15) is 0 Å². The van der Waals surface area contributed by atoms with E-state index >= 15 is 0 Å². The molecule has 0 aromatic heterocycles. The molecule has 0 saturated heterocycles. The Balaban J connectivity index is 1.41. The minimum absolute atomic E-state index is 0.688. The summed E-state index contributed by atoms with van der Waals surface area (Å²) < 4.78 is 0. The first-order valence-corrected chi connectivity index (χ1v) is 13.3. The van der Waals surface area contributed by atoms with Crippen LogP contribution in [0.5, 0.6) is 0 Å². The van der Waals surface area contributed by atoms with Crippen molar-refractivity contribution in [3.05, 3.63) is 11.6 Å². The van der Waals surface area contributed by atoms with Crippen LogP contribution in [0, 0.1) is 70.5 Å². The van der Waals surface area contributed by atoms with Gasteiger partial charge in [0, 0.05) is 0 Å². The fourth-order valence-corrected chi connectivity index (χ4v) is 11.7. The zero-order valence-corrected chi connectivity index (χ0v) is 18.4. The smallest absolute Gasteiger partial charge is 0.0167 e. The monoisotopic (exact) mass is 378 g/mol. The molecule has 6 saturated carbocycles. The molecule has 7 rings (SSSR count). The van der Waals surface area contributed by atoms with E-state index in [0.29, 0.717) is 5.41 Å². The van der Waals surface area contributed by atoms with Crippen molar-refractivity contribution in [2.75, 3.05) is 0 Å². The van der Waals surface area contributed by atoms with Crippen LogP contribution < -0.4 is 0 Å². The standard InChI is InChI=1S/C28H42/c1-16-21-9-5-8-17-10-11-19-12-18-6-3-4-7-20-15-28(16,2)27-24(20)13-23(18)26(19)22(17)14-25(21)27/h10,16,18-27H,3-9,11-15H2,1-2H3. The maximum atomic E-state index is 2.80. The van der Waals surface area contributed by atoms with Crippen molar-refractivity contribution in [2.24, 2.45) is 70.5 Å². The third kappa shape index (κ3) is 2.09. The molecule has 7 aliphatic carbocycles. The second-order valence-electron chi connectivity index (χ2n) is 13.0. The van der Waals surface area contributed by atoms with Gasteiger partial charge in [-0.25, -0.2) is 0 Å².